The highest BCUT2D eigenvalue weighted by Crippen LogP contribution is 2.38. The molecule has 5 heteroatoms. The van der Waals surface area contributed by atoms with Crippen molar-refractivity contribution in [3.63, 3.8) is 0 Å². The predicted octanol–water partition coefficient (Wildman–Crippen LogP) is 1.79. The van der Waals surface area contributed by atoms with Gasteiger partial charge in [-0.15, -0.1) is 0 Å². The number of carboxylic acids is 1. The van der Waals surface area contributed by atoms with Crippen LogP contribution in [0.1, 0.15) is 12.0 Å². The summed E-state index contributed by atoms with van der Waals surface area (Å²) in [5.74, 6) is -1.88. The van der Waals surface area contributed by atoms with E-state index in [1.807, 2.05) is 24.3 Å². The summed E-state index contributed by atoms with van der Waals surface area (Å²) >= 11 is 3.33. The van der Waals surface area contributed by atoms with Gasteiger partial charge in [0.05, 0.1) is 11.8 Å². The van der Waals surface area contributed by atoms with Crippen molar-refractivity contribution < 1.29 is 14.7 Å². The van der Waals surface area contributed by atoms with E-state index in [0.717, 1.165) is 10.0 Å². The van der Waals surface area contributed by atoms with Gasteiger partial charge >= 0.3 is 5.97 Å². The molecule has 0 spiro atoms. The van der Waals surface area contributed by atoms with Gasteiger partial charge in [0, 0.05) is 11.0 Å². The first-order valence-electron chi connectivity index (χ1n) is 5.33. The first kappa shape index (κ1) is 12.1. The minimum atomic E-state index is -0.881. The molecule has 2 atom stereocenters. The predicted molar refractivity (Wildman–Crippen MR) is 65.2 cm³/mol. The van der Waals surface area contributed by atoms with E-state index in [1.165, 1.54) is 0 Å². The van der Waals surface area contributed by atoms with E-state index in [2.05, 4.69) is 21.2 Å². The molecule has 2 N–H and O–H groups in total. The molecule has 0 heterocycles. The molecule has 1 aromatic carbocycles. The van der Waals surface area contributed by atoms with Crippen LogP contribution in [0.25, 0.3) is 0 Å². The highest BCUT2D eigenvalue weighted by atomic mass is 79.9. The van der Waals surface area contributed by atoms with Crippen molar-refractivity contribution in [2.45, 2.75) is 13.0 Å². The molecule has 90 valence electrons. The van der Waals surface area contributed by atoms with Crippen molar-refractivity contribution in [1.82, 2.24) is 5.32 Å². The Balaban J connectivity index is 1.81. The summed E-state index contributed by atoms with van der Waals surface area (Å²) in [6, 6.07) is 7.62. The van der Waals surface area contributed by atoms with E-state index in [1.54, 1.807) is 0 Å². The molecule has 0 unspecified atom stereocenters. The molecule has 17 heavy (non-hydrogen) atoms. The Morgan fingerprint density at radius 2 is 1.94 bits per heavy atom. The Hall–Kier alpha value is -1.36. The second-order valence-corrected chi connectivity index (χ2v) is 5.05. The van der Waals surface area contributed by atoms with Gasteiger partial charge in [-0.1, -0.05) is 28.1 Å². The lowest BCUT2D eigenvalue weighted by atomic mass is 10.2. The van der Waals surface area contributed by atoms with Crippen LogP contribution in [0.4, 0.5) is 0 Å². The lowest BCUT2D eigenvalue weighted by molar-refractivity contribution is -0.140. The molecule has 0 bridgehead atoms. The molecule has 1 aromatic rings. The average molecular weight is 298 g/mol. The maximum absolute atomic E-state index is 11.6. The third-order valence-electron chi connectivity index (χ3n) is 2.82. The van der Waals surface area contributed by atoms with Gasteiger partial charge in [0.1, 0.15) is 0 Å². The molecule has 1 saturated carbocycles. The second-order valence-electron chi connectivity index (χ2n) is 4.13. The molecule has 1 amide bonds. The summed E-state index contributed by atoms with van der Waals surface area (Å²) in [6.45, 7) is 0.439. The first-order chi connectivity index (χ1) is 8.08. The van der Waals surface area contributed by atoms with Gasteiger partial charge < -0.3 is 10.4 Å². The van der Waals surface area contributed by atoms with Crippen LogP contribution >= 0.6 is 15.9 Å². The fourth-order valence-electron chi connectivity index (χ4n) is 1.68. The van der Waals surface area contributed by atoms with Crippen LogP contribution in [0.2, 0.25) is 0 Å². The minimum Gasteiger partial charge on any atom is -0.481 e. The number of carbonyl (C=O) groups is 2. The molecule has 1 aliphatic carbocycles. The van der Waals surface area contributed by atoms with Crippen LogP contribution in [0.3, 0.4) is 0 Å². The average Bonchev–Trinajstić information content (AvgIpc) is 3.08. The quantitative estimate of drug-likeness (QED) is 0.890. The van der Waals surface area contributed by atoms with Crippen molar-refractivity contribution in [1.29, 1.82) is 0 Å². The van der Waals surface area contributed by atoms with Gasteiger partial charge in [-0.3, -0.25) is 9.59 Å². The smallest absolute Gasteiger partial charge is 0.307 e. The monoisotopic (exact) mass is 297 g/mol. The molecule has 4 nitrogen and oxygen atoms in total. The topological polar surface area (TPSA) is 66.4 Å². The van der Waals surface area contributed by atoms with Crippen LogP contribution in [-0.4, -0.2) is 17.0 Å². The second kappa shape index (κ2) is 4.87. The van der Waals surface area contributed by atoms with E-state index in [9.17, 15) is 9.59 Å². The van der Waals surface area contributed by atoms with Crippen LogP contribution in [-0.2, 0) is 16.1 Å². The summed E-state index contributed by atoms with van der Waals surface area (Å²) in [4.78, 5) is 22.2. The van der Waals surface area contributed by atoms with Crippen LogP contribution in [0.5, 0.6) is 0 Å². The normalized spacial score (nSPS) is 21.9. The standard InChI is InChI=1S/C12H12BrNO3/c13-8-3-1-7(2-4-8)6-14-11(15)9-5-10(9)12(16)17/h1-4,9-10H,5-6H2,(H,14,15)(H,16,17)/t9-,10+/m1/s1. The Kier molecular flexibility index (Phi) is 3.47. The maximum atomic E-state index is 11.6. The minimum absolute atomic E-state index is 0.166. The fourth-order valence-corrected chi connectivity index (χ4v) is 1.94. The summed E-state index contributed by atoms with van der Waals surface area (Å²) in [7, 11) is 0. The Morgan fingerprint density at radius 1 is 1.29 bits per heavy atom. The number of carbonyl (C=O) groups excluding carboxylic acids is 1. The SMILES string of the molecule is O=C(O)[C@H]1C[C@H]1C(=O)NCc1ccc(Br)cc1. The molecule has 0 radical (unpaired) electrons. The zero-order valence-corrected chi connectivity index (χ0v) is 10.6. The molecule has 1 aliphatic rings. The highest BCUT2D eigenvalue weighted by Gasteiger charge is 2.48. The molecular weight excluding hydrogens is 286 g/mol. The van der Waals surface area contributed by atoms with Gasteiger partial charge in [-0.2, -0.15) is 0 Å². The van der Waals surface area contributed by atoms with Gasteiger partial charge in [0.25, 0.3) is 0 Å². The van der Waals surface area contributed by atoms with Crippen molar-refractivity contribution >= 4 is 27.8 Å². The third kappa shape index (κ3) is 3.06. The summed E-state index contributed by atoms with van der Waals surface area (Å²) in [5.41, 5.74) is 0.995. The number of carboxylic acid groups (broad SMARTS) is 1. The van der Waals surface area contributed by atoms with Crippen molar-refractivity contribution in [3.05, 3.63) is 34.3 Å². The van der Waals surface area contributed by atoms with E-state index in [4.69, 9.17) is 5.11 Å². The molecule has 0 aromatic heterocycles. The van der Waals surface area contributed by atoms with Crippen molar-refractivity contribution in [3.8, 4) is 0 Å². The first-order valence-corrected chi connectivity index (χ1v) is 6.12. The number of rotatable bonds is 4. The zero-order valence-electron chi connectivity index (χ0n) is 9.02. The zero-order chi connectivity index (χ0) is 12.4. The number of amides is 1. The molecule has 2 rings (SSSR count). The van der Waals surface area contributed by atoms with E-state index < -0.39 is 11.9 Å². The Bertz CT molecular complexity index is 444. The molecule has 0 saturated heterocycles. The largest absolute Gasteiger partial charge is 0.481 e. The third-order valence-corrected chi connectivity index (χ3v) is 3.35. The number of nitrogens with one attached hydrogen (secondary N) is 1. The summed E-state index contributed by atoms with van der Waals surface area (Å²) in [6.07, 6.45) is 0.460. The van der Waals surface area contributed by atoms with Gasteiger partial charge in [0.15, 0.2) is 0 Å². The lowest BCUT2D eigenvalue weighted by Gasteiger charge is -2.04. The summed E-state index contributed by atoms with van der Waals surface area (Å²) < 4.78 is 0.987. The van der Waals surface area contributed by atoms with Crippen LogP contribution in [0.15, 0.2) is 28.7 Å². The van der Waals surface area contributed by atoms with Crippen LogP contribution in [0, 0.1) is 11.8 Å². The molecule has 1 fully saturated rings. The molecular formula is C12H12BrNO3. The van der Waals surface area contributed by atoms with E-state index in [0.29, 0.717) is 13.0 Å². The fraction of sp³-hybridized carbons (Fsp3) is 0.333. The van der Waals surface area contributed by atoms with E-state index >= 15 is 0 Å². The van der Waals surface area contributed by atoms with E-state index in [-0.39, 0.29) is 11.8 Å². The summed E-state index contributed by atoms with van der Waals surface area (Å²) in [5, 5.41) is 11.5. The lowest BCUT2D eigenvalue weighted by Crippen LogP contribution is -2.25. The number of hydrogen-bond donors (Lipinski definition) is 2. The number of hydrogen-bond acceptors (Lipinski definition) is 2. The van der Waals surface area contributed by atoms with Crippen molar-refractivity contribution in [2.75, 3.05) is 0 Å². The number of aliphatic carboxylic acids is 1. The molecule has 0 aliphatic heterocycles. The van der Waals surface area contributed by atoms with Crippen LogP contribution < -0.4 is 5.32 Å². The van der Waals surface area contributed by atoms with Crippen molar-refractivity contribution in [2.24, 2.45) is 11.8 Å². The van der Waals surface area contributed by atoms with Gasteiger partial charge in [-0.25, -0.2) is 0 Å². The number of halogens is 1. The number of benzene rings is 1. The van der Waals surface area contributed by atoms with Gasteiger partial charge in [-0.05, 0) is 24.1 Å². The van der Waals surface area contributed by atoms with Gasteiger partial charge in [0.2, 0.25) is 5.91 Å². The Morgan fingerprint density at radius 3 is 2.47 bits per heavy atom. The Labute approximate surface area is 107 Å². The maximum Gasteiger partial charge on any atom is 0.307 e. The highest BCUT2D eigenvalue weighted by molar-refractivity contribution is 9.10.